The van der Waals surface area contributed by atoms with Crippen LogP contribution in [0.15, 0.2) is 91.0 Å². The standard InChI is InChI=1S/C30H26F3NO4/c1-29(2,21-9-4-3-5-10-21)26(28(36)37)34-27(35)24-17-14-20-8-6-7-11-23(20)25(24)38-18-19-12-15-22(16-13-19)30(31,32)33/h3-17,26H,18H2,1-2H3,(H,34,35)(H,36,37). The third-order valence-electron chi connectivity index (χ3n) is 6.55. The number of rotatable bonds is 8. The number of hydrogen-bond donors (Lipinski definition) is 2. The van der Waals surface area contributed by atoms with Crippen LogP contribution in [0.2, 0.25) is 0 Å². The summed E-state index contributed by atoms with van der Waals surface area (Å²) in [6, 6.07) is 22.8. The van der Waals surface area contributed by atoms with Gasteiger partial charge in [-0.3, -0.25) is 4.79 Å². The normalized spacial score (nSPS) is 12.7. The molecule has 38 heavy (non-hydrogen) atoms. The first-order valence-electron chi connectivity index (χ1n) is 11.9. The van der Waals surface area contributed by atoms with Crippen molar-refractivity contribution in [2.24, 2.45) is 0 Å². The summed E-state index contributed by atoms with van der Waals surface area (Å²) in [5, 5.41) is 14.1. The van der Waals surface area contributed by atoms with Crippen molar-refractivity contribution in [2.45, 2.75) is 38.1 Å². The molecule has 0 fully saturated rings. The van der Waals surface area contributed by atoms with Gasteiger partial charge in [0.1, 0.15) is 18.4 Å². The van der Waals surface area contributed by atoms with Crippen molar-refractivity contribution in [1.29, 1.82) is 0 Å². The van der Waals surface area contributed by atoms with Crippen molar-refractivity contribution in [3.05, 3.63) is 113 Å². The quantitative estimate of drug-likeness (QED) is 0.274. The molecular formula is C30H26F3NO4. The van der Waals surface area contributed by atoms with Crippen molar-refractivity contribution in [1.82, 2.24) is 5.32 Å². The molecule has 4 rings (SSSR count). The fraction of sp³-hybridized carbons (Fsp3) is 0.200. The SMILES string of the molecule is CC(C)(c1ccccc1)C(NC(=O)c1ccc2ccccc2c1OCc1ccc(C(F)(F)F)cc1)C(=O)O. The number of ether oxygens (including phenoxy) is 1. The number of carboxylic acids is 1. The fourth-order valence-corrected chi connectivity index (χ4v) is 4.32. The largest absolute Gasteiger partial charge is 0.487 e. The number of carbonyl (C=O) groups excluding carboxylic acids is 1. The van der Waals surface area contributed by atoms with E-state index in [0.717, 1.165) is 23.1 Å². The van der Waals surface area contributed by atoms with Crippen molar-refractivity contribution < 1.29 is 32.6 Å². The van der Waals surface area contributed by atoms with Gasteiger partial charge in [0.05, 0.1) is 11.1 Å². The molecule has 0 radical (unpaired) electrons. The summed E-state index contributed by atoms with van der Waals surface area (Å²) in [6.45, 7) is 3.39. The summed E-state index contributed by atoms with van der Waals surface area (Å²) in [5.74, 6) is -1.63. The van der Waals surface area contributed by atoms with Crippen LogP contribution >= 0.6 is 0 Å². The molecule has 5 nitrogen and oxygen atoms in total. The zero-order valence-electron chi connectivity index (χ0n) is 20.8. The van der Waals surface area contributed by atoms with Gasteiger partial charge in [-0.25, -0.2) is 4.79 Å². The van der Waals surface area contributed by atoms with E-state index in [4.69, 9.17) is 4.74 Å². The van der Waals surface area contributed by atoms with Crippen molar-refractivity contribution in [3.63, 3.8) is 0 Å². The van der Waals surface area contributed by atoms with Crippen LogP contribution in [-0.2, 0) is 23.0 Å². The van der Waals surface area contributed by atoms with Crippen LogP contribution in [0.3, 0.4) is 0 Å². The molecule has 0 aromatic heterocycles. The Hall–Kier alpha value is -4.33. The number of benzene rings is 4. The molecule has 0 saturated carbocycles. The van der Waals surface area contributed by atoms with E-state index >= 15 is 0 Å². The maximum atomic E-state index is 13.5. The van der Waals surface area contributed by atoms with Gasteiger partial charge in [-0.05, 0) is 34.7 Å². The molecule has 4 aromatic carbocycles. The molecule has 1 amide bonds. The average molecular weight is 522 g/mol. The second-order valence-electron chi connectivity index (χ2n) is 9.48. The monoisotopic (exact) mass is 521 g/mol. The number of carbonyl (C=O) groups is 2. The van der Waals surface area contributed by atoms with Gasteiger partial charge in [-0.15, -0.1) is 0 Å². The Kier molecular flexibility index (Phi) is 7.44. The number of alkyl halides is 3. The highest BCUT2D eigenvalue weighted by Crippen LogP contribution is 2.33. The molecule has 2 N–H and O–H groups in total. The lowest BCUT2D eigenvalue weighted by atomic mass is 9.77. The highest BCUT2D eigenvalue weighted by molar-refractivity contribution is 6.05. The van der Waals surface area contributed by atoms with Gasteiger partial charge < -0.3 is 15.2 Å². The minimum atomic E-state index is -4.45. The van der Waals surface area contributed by atoms with E-state index in [1.54, 1.807) is 62.4 Å². The lowest BCUT2D eigenvalue weighted by molar-refractivity contribution is -0.141. The Bertz CT molecular complexity index is 1450. The van der Waals surface area contributed by atoms with E-state index in [-0.39, 0.29) is 17.9 Å². The molecule has 0 aliphatic heterocycles. The molecule has 0 aliphatic carbocycles. The predicted molar refractivity (Wildman–Crippen MR) is 138 cm³/mol. The maximum absolute atomic E-state index is 13.5. The summed E-state index contributed by atoms with van der Waals surface area (Å²) < 4.78 is 44.8. The molecule has 0 bridgehead atoms. The van der Waals surface area contributed by atoms with Gasteiger partial charge in [0.25, 0.3) is 5.91 Å². The third kappa shape index (κ3) is 5.64. The minimum absolute atomic E-state index is 0.0930. The first kappa shape index (κ1) is 26.7. The van der Waals surface area contributed by atoms with E-state index in [0.29, 0.717) is 10.9 Å². The zero-order chi connectivity index (χ0) is 27.5. The van der Waals surface area contributed by atoms with E-state index < -0.39 is 35.1 Å². The first-order valence-corrected chi connectivity index (χ1v) is 11.9. The van der Waals surface area contributed by atoms with Crippen LogP contribution in [0.4, 0.5) is 13.2 Å². The number of aliphatic carboxylic acids is 1. The van der Waals surface area contributed by atoms with E-state index in [1.165, 1.54) is 12.1 Å². The summed E-state index contributed by atoms with van der Waals surface area (Å²) in [6.07, 6.45) is -4.45. The van der Waals surface area contributed by atoms with Crippen LogP contribution < -0.4 is 10.1 Å². The third-order valence-corrected chi connectivity index (χ3v) is 6.55. The number of halogens is 3. The molecule has 0 saturated heterocycles. The minimum Gasteiger partial charge on any atom is -0.487 e. The van der Waals surface area contributed by atoms with Gasteiger partial charge in [0.15, 0.2) is 0 Å². The molecule has 1 atom stereocenters. The summed E-state index contributed by atoms with van der Waals surface area (Å²) in [5.41, 5.74) is -0.380. The Balaban J connectivity index is 1.66. The lowest BCUT2D eigenvalue weighted by Crippen LogP contribution is -2.52. The molecule has 0 spiro atoms. The second-order valence-corrected chi connectivity index (χ2v) is 9.48. The number of nitrogens with one attached hydrogen (secondary N) is 1. The number of amides is 1. The summed E-state index contributed by atoms with van der Waals surface area (Å²) in [7, 11) is 0. The van der Waals surface area contributed by atoms with Gasteiger partial charge in [0.2, 0.25) is 0 Å². The van der Waals surface area contributed by atoms with Gasteiger partial charge in [0, 0.05) is 10.8 Å². The van der Waals surface area contributed by atoms with Crippen molar-refractivity contribution in [2.75, 3.05) is 0 Å². The summed E-state index contributed by atoms with van der Waals surface area (Å²) >= 11 is 0. The maximum Gasteiger partial charge on any atom is 0.416 e. The zero-order valence-corrected chi connectivity index (χ0v) is 20.8. The lowest BCUT2D eigenvalue weighted by Gasteiger charge is -2.32. The van der Waals surface area contributed by atoms with Crippen LogP contribution in [0.25, 0.3) is 10.8 Å². The van der Waals surface area contributed by atoms with Crippen LogP contribution in [0, 0.1) is 0 Å². The molecule has 4 aromatic rings. The van der Waals surface area contributed by atoms with Crippen molar-refractivity contribution >= 4 is 22.6 Å². The van der Waals surface area contributed by atoms with Crippen LogP contribution in [-0.4, -0.2) is 23.0 Å². The smallest absolute Gasteiger partial charge is 0.416 e. The number of hydrogen-bond acceptors (Lipinski definition) is 3. The molecule has 196 valence electrons. The van der Waals surface area contributed by atoms with Crippen LogP contribution in [0.5, 0.6) is 5.75 Å². The van der Waals surface area contributed by atoms with Gasteiger partial charge in [-0.1, -0.05) is 86.6 Å². The Morgan fingerprint density at radius 3 is 2.11 bits per heavy atom. The predicted octanol–water partition coefficient (Wildman–Crippen LogP) is 6.60. The van der Waals surface area contributed by atoms with Gasteiger partial charge in [-0.2, -0.15) is 13.2 Å². The molecular weight excluding hydrogens is 495 g/mol. The Labute approximate surface area is 217 Å². The molecule has 8 heteroatoms. The van der Waals surface area contributed by atoms with E-state index in [1.807, 2.05) is 18.2 Å². The Morgan fingerprint density at radius 2 is 1.47 bits per heavy atom. The highest BCUT2D eigenvalue weighted by atomic mass is 19.4. The average Bonchev–Trinajstić information content (AvgIpc) is 2.90. The first-order chi connectivity index (χ1) is 18.0. The van der Waals surface area contributed by atoms with Crippen LogP contribution in [0.1, 0.15) is 40.9 Å². The summed E-state index contributed by atoms with van der Waals surface area (Å²) in [4.78, 5) is 25.8. The highest BCUT2D eigenvalue weighted by Gasteiger charge is 2.38. The second kappa shape index (κ2) is 10.6. The molecule has 0 heterocycles. The number of fused-ring (bicyclic) bond motifs is 1. The van der Waals surface area contributed by atoms with Gasteiger partial charge >= 0.3 is 12.1 Å². The molecule has 1 unspecified atom stereocenters. The Morgan fingerprint density at radius 1 is 0.842 bits per heavy atom. The van der Waals surface area contributed by atoms with Crippen molar-refractivity contribution in [3.8, 4) is 5.75 Å². The topological polar surface area (TPSA) is 75.6 Å². The number of carboxylic acid groups (broad SMARTS) is 1. The van der Waals surface area contributed by atoms with E-state index in [9.17, 15) is 27.9 Å². The molecule has 0 aliphatic rings. The van der Waals surface area contributed by atoms with E-state index in [2.05, 4.69) is 5.32 Å². The fourth-order valence-electron chi connectivity index (χ4n) is 4.32.